The van der Waals surface area contributed by atoms with Crippen LogP contribution in [-0.2, 0) is 12.8 Å². The summed E-state index contributed by atoms with van der Waals surface area (Å²) in [7, 11) is 0. The van der Waals surface area contributed by atoms with Gasteiger partial charge >= 0.3 is 0 Å². The summed E-state index contributed by atoms with van der Waals surface area (Å²) in [4.78, 5) is 0. The lowest BCUT2D eigenvalue weighted by Crippen LogP contribution is -2.24. The summed E-state index contributed by atoms with van der Waals surface area (Å²) in [6, 6.07) is 6.34. The van der Waals surface area contributed by atoms with E-state index in [-0.39, 0.29) is 12.5 Å². The van der Waals surface area contributed by atoms with E-state index < -0.39 is 6.10 Å². The smallest absolute Gasteiger partial charge is 0.122 e. The highest BCUT2D eigenvalue weighted by atomic mass is 35.5. The summed E-state index contributed by atoms with van der Waals surface area (Å²) in [6.07, 6.45) is 8.61. The van der Waals surface area contributed by atoms with Gasteiger partial charge in [-0.1, -0.05) is 31.4 Å². The molecule has 1 saturated carbocycles. The molecule has 2 aliphatic carbocycles. The molecule has 110 valence electrons. The molecule has 3 heteroatoms. The Morgan fingerprint density at radius 2 is 2.00 bits per heavy atom. The monoisotopic (exact) mass is 294 g/mol. The van der Waals surface area contributed by atoms with Crippen LogP contribution in [0, 0.1) is 5.41 Å². The fourth-order valence-corrected chi connectivity index (χ4v) is 3.93. The molecule has 0 amide bonds. The summed E-state index contributed by atoms with van der Waals surface area (Å²) in [5.74, 6) is 1.17. The van der Waals surface area contributed by atoms with E-state index in [4.69, 9.17) is 16.3 Å². The van der Waals surface area contributed by atoms with Gasteiger partial charge in [-0.3, -0.25) is 0 Å². The maximum Gasteiger partial charge on any atom is 0.122 e. The maximum absolute atomic E-state index is 9.55. The molecule has 0 saturated heterocycles. The Morgan fingerprint density at radius 1 is 1.20 bits per heavy atom. The van der Waals surface area contributed by atoms with E-state index in [1.165, 1.54) is 49.7 Å². The Morgan fingerprint density at radius 3 is 2.75 bits per heavy atom. The molecule has 1 unspecified atom stereocenters. The Kier molecular flexibility index (Phi) is 4.23. The van der Waals surface area contributed by atoms with E-state index in [9.17, 15) is 5.11 Å². The zero-order valence-electron chi connectivity index (χ0n) is 11.9. The van der Waals surface area contributed by atoms with Crippen LogP contribution in [0.2, 0.25) is 0 Å². The number of alkyl halides is 1. The molecule has 1 aromatic carbocycles. The van der Waals surface area contributed by atoms with Gasteiger partial charge in [-0.25, -0.2) is 0 Å². The molecular weight excluding hydrogens is 272 g/mol. The third-order valence-corrected chi connectivity index (χ3v) is 5.23. The molecule has 2 aliphatic rings. The number of ether oxygens (including phenoxy) is 1. The third-order valence-electron chi connectivity index (χ3n) is 4.87. The Labute approximate surface area is 126 Å². The molecule has 20 heavy (non-hydrogen) atoms. The Hall–Kier alpha value is -0.730. The van der Waals surface area contributed by atoms with Crippen LogP contribution < -0.4 is 4.74 Å². The summed E-state index contributed by atoms with van der Waals surface area (Å²) in [5, 5.41) is 9.55. The quantitative estimate of drug-likeness (QED) is 0.858. The third kappa shape index (κ3) is 2.82. The highest BCUT2D eigenvalue weighted by molar-refractivity contribution is 6.18. The Bertz CT molecular complexity index is 466. The first-order chi connectivity index (χ1) is 9.72. The first-order valence-corrected chi connectivity index (χ1v) is 8.23. The molecule has 2 nitrogen and oxygen atoms in total. The van der Waals surface area contributed by atoms with Crippen molar-refractivity contribution in [2.75, 3.05) is 12.5 Å². The van der Waals surface area contributed by atoms with E-state index in [1.807, 2.05) is 6.07 Å². The Balaban J connectivity index is 1.75. The van der Waals surface area contributed by atoms with Crippen molar-refractivity contribution < 1.29 is 9.84 Å². The van der Waals surface area contributed by atoms with Gasteiger partial charge in [0.05, 0.1) is 5.88 Å². The highest BCUT2D eigenvalue weighted by Gasteiger charge is 2.39. The van der Waals surface area contributed by atoms with Gasteiger partial charge in [-0.2, -0.15) is 0 Å². The second-order valence-electron chi connectivity index (χ2n) is 6.43. The molecular formula is C17H23ClO2. The topological polar surface area (TPSA) is 29.5 Å². The molecule has 0 heterocycles. The standard InChI is InChI=1S/C17H23ClO2/c18-11-14(19)12-20-16-6-4-5-13-9-17(10-15(13)16)7-2-1-3-8-17/h4-6,14,19H,1-3,7-12H2. The second-order valence-corrected chi connectivity index (χ2v) is 6.74. The lowest BCUT2D eigenvalue weighted by atomic mass is 9.72. The molecule has 0 aliphatic heterocycles. The second kappa shape index (κ2) is 5.95. The van der Waals surface area contributed by atoms with Crippen molar-refractivity contribution in [3.05, 3.63) is 29.3 Å². The largest absolute Gasteiger partial charge is 0.491 e. The minimum Gasteiger partial charge on any atom is -0.491 e. The van der Waals surface area contributed by atoms with Crippen molar-refractivity contribution in [3.8, 4) is 5.75 Å². The molecule has 1 fully saturated rings. The van der Waals surface area contributed by atoms with Crippen LogP contribution in [0.3, 0.4) is 0 Å². The minimum absolute atomic E-state index is 0.221. The van der Waals surface area contributed by atoms with Crippen molar-refractivity contribution in [1.29, 1.82) is 0 Å². The zero-order valence-corrected chi connectivity index (χ0v) is 12.7. The molecule has 1 N–H and O–H groups in total. The van der Waals surface area contributed by atoms with Crippen LogP contribution in [0.1, 0.15) is 43.2 Å². The molecule has 1 spiro atoms. The van der Waals surface area contributed by atoms with E-state index in [1.54, 1.807) is 0 Å². The van der Waals surface area contributed by atoms with Crippen LogP contribution in [0.5, 0.6) is 5.75 Å². The minimum atomic E-state index is -0.586. The van der Waals surface area contributed by atoms with Crippen LogP contribution in [-0.4, -0.2) is 23.7 Å². The van der Waals surface area contributed by atoms with Gasteiger partial charge < -0.3 is 9.84 Å². The molecule has 0 bridgehead atoms. The van der Waals surface area contributed by atoms with Crippen LogP contribution >= 0.6 is 11.6 Å². The summed E-state index contributed by atoms with van der Waals surface area (Å²) >= 11 is 5.62. The van der Waals surface area contributed by atoms with Crippen molar-refractivity contribution in [1.82, 2.24) is 0 Å². The predicted molar refractivity (Wildman–Crippen MR) is 81.6 cm³/mol. The van der Waals surface area contributed by atoms with E-state index >= 15 is 0 Å². The van der Waals surface area contributed by atoms with Crippen LogP contribution in [0.25, 0.3) is 0 Å². The average Bonchev–Trinajstić information content (AvgIpc) is 2.83. The molecule has 0 radical (unpaired) electrons. The van der Waals surface area contributed by atoms with E-state index in [0.717, 1.165) is 12.2 Å². The van der Waals surface area contributed by atoms with Gasteiger partial charge in [-0.15, -0.1) is 11.6 Å². The van der Waals surface area contributed by atoms with E-state index in [0.29, 0.717) is 5.41 Å². The summed E-state index contributed by atoms with van der Waals surface area (Å²) in [6.45, 7) is 0.285. The number of halogens is 1. The number of hydrogen-bond acceptors (Lipinski definition) is 2. The lowest BCUT2D eigenvalue weighted by molar-refractivity contribution is 0.124. The predicted octanol–water partition coefficient (Wildman–Crippen LogP) is 3.71. The number of benzene rings is 1. The first-order valence-electron chi connectivity index (χ1n) is 7.70. The van der Waals surface area contributed by atoms with Crippen LogP contribution in [0.15, 0.2) is 18.2 Å². The fourth-order valence-electron chi connectivity index (χ4n) is 3.84. The van der Waals surface area contributed by atoms with Gasteiger partial charge in [0.15, 0.2) is 0 Å². The molecule has 1 aromatic rings. The van der Waals surface area contributed by atoms with Gasteiger partial charge in [-0.05, 0) is 48.3 Å². The van der Waals surface area contributed by atoms with Crippen molar-refractivity contribution in [2.45, 2.75) is 51.0 Å². The maximum atomic E-state index is 9.55. The molecule has 1 atom stereocenters. The SMILES string of the molecule is OC(CCl)COc1cccc2c1CC1(CCCCC1)C2. The van der Waals surface area contributed by atoms with Crippen molar-refractivity contribution >= 4 is 11.6 Å². The number of aliphatic hydroxyl groups excluding tert-OH is 1. The molecule has 3 rings (SSSR count). The zero-order chi connectivity index (χ0) is 14.0. The lowest BCUT2D eigenvalue weighted by Gasteiger charge is -2.33. The number of aliphatic hydroxyl groups is 1. The number of fused-ring (bicyclic) bond motifs is 1. The molecule has 0 aromatic heterocycles. The van der Waals surface area contributed by atoms with Gasteiger partial charge in [0.25, 0.3) is 0 Å². The summed E-state index contributed by atoms with van der Waals surface area (Å²) < 4.78 is 5.80. The highest BCUT2D eigenvalue weighted by Crippen LogP contribution is 2.49. The van der Waals surface area contributed by atoms with Crippen LogP contribution in [0.4, 0.5) is 0 Å². The van der Waals surface area contributed by atoms with Crippen molar-refractivity contribution in [3.63, 3.8) is 0 Å². The number of hydrogen-bond donors (Lipinski definition) is 1. The van der Waals surface area contributed by atoms with Gasteiger partial charge in [0, 0.05) is 0 Å². The average molecular weight is 295 g/mol. The van der Waals surface area contributed by atoms with Gasteiger partial charge in [0.2, 0.25) is 0 Å². The fraction of sp³-hybridized carbons (Fsp3) is 0.647. The summed E-state index contributed by atoms with van der Waals surface area (Å²) in [5.41, 5.74) is 3.31. The van der Waals surface area contributed by atoms with Gasteiger partial charge in [0.1, 0.15) is 18.5 Å². The van der Waals surface area contributed by atoms with E-state index in [2.05, 4.69) is 12.1 Å². The first kappa shape index (κ1) is 14.2. The number of rotatable bonds is 4. The van der Waals surface area contributed by atoms with Crippen molar-refractivity contribution in [2.24, 2.45) is 5.41 Å². The normalized spacial score (nSPS) is 21.7.